The molecule has 0 unspecified atom stereocenters. The Hall–Kier alpha value is -3.29. The van der Waals surface area contributed by atoms with Crippen molar-refractivity contribution in [3.63, 3.8) is 0 Å². The van der Waals surface area contributed by atoms with Crippen molar-refractivity contribution in [2.75, 3.05) is 5.32 Å². The molecule has 128 valence electrons. The topological polar surface area (TPSA) is 94.7 Å². The van der Waals surface area contributed by atoms with Gasteiger partial charge < -0.3 is 9.88 Å². The van der Waals surface area contributed by atoms with Crippen LogP contribution in [0.25, 0.3) is 5.95 Å². The van der Waals surface area contributed by atoms with E-state index in [0.29, 0.717) is 11.6 Å². The van der Waals surface area contributed by atoms with Crippen LogP contribution in [0.5, 0.6) is 0 Å². The summed E-state index contributed by atoms with van der Waals surface area (Å²) < 4.78 is 3.19. The van der Waals surface area contributed by atoms with E-state index < -0.39 is 5.91 Å². The Morgan fingerprint density at radius 3 is 2.44 bits per heavy atom. The lowest BCUT2D eigenvalue weighted by molar-refractivity contribution is 0.102. The molecule has 0 atom stereocenters. The highest BCUT2D eigenvalue weighted by atomic mass is 16.2. The standard InChI is InChI=1S/C17H18N6O2/c1-10-11(2)23(12(3)20-10)17-18-8-13(9-19-17)21-15(24)14-6-5-7-22(4)16(14)25/h5-9H,1-4H3,(H,21,24). The number of aryl methyl sites for hydroxylation is 3. The van der Waals surface area contributed by atoms with Crippen LogP contribution in [0.3, 0.4) is 0 Å². The second-order valence-electron chi connectivity index (χ2n) is 5.73. The van der Waals surface area contributed by atoms with Crippen LogP contribution in [0.2, 0.25) is 0 Å². The molecular formula is C17H18N6O2. The fourth-order valence-corrected chi connectivity index (χ4v) is 2.54. The number of pyridine rings is 1. The fourth-order valence-electron chi connectivity index (χ4n) is 2.54. The van der Waals surface area contributed by atoms with Crippen LogP contribution in [0, 0.1) is 20.8 Å². The van der Waals surface area contributed by atoms with E-state index in [1.807, 2.05) is 25.3 Å². The molecule has 0 spiro atoms. The van der Waals surface area contributed by atoms with Crippen molar-refractivity contribution in [3.8, 4) is 5.95 Å². The maximum Gasteiger partial charge on any atom is 0.263 e. The summed E-state index contributed by atoms with van der Waals surface area (Å²) in [5.41, 5.74) is 1.98. The van der Waals surface area contributed by atoms with Gasteiger partial charge in [-0.2, -0.15) is 0 Å². The number of rotatable bonds is 3. The van der Waals surface area contributed by atoms with Gasteiger partial charge in [0, 0.05) is 18.9 Å². The molecule has 8 nitrogen and oxygen atoms in total. The molecule has 0 aromatic carbocycles. The average molecular weight is 338 g/mol. The van der Waals surface area contributed by atoms with Gasteiger partial charge in [-0.1, -0.05) is 0 Å². The van der Waals surface area contributed by atoms with E-state index in [0.717, 1.165) is 17.2 Å². The Morgan fingerprint density at radius 1 is 1.16 bits per heavy atom. The first-order valence-corrected chi connectivity index (χ1v) is 7.70. The second-order valence-corrected chi connectivity index (χ2v) is 5.73. The van der Waals surface area contributed by atoms with E-state index >= 15 is 0 Å². The van der Waals surface area contributed by atoms with Gasteiger partial charge in [-0.05, 0) is 32.9 Å². The van der Waals surface area contributed by atoms with Crippen molar-refractivity contribution in [1.82, 2.24) is 24.1 Å². The molecule has 3 rings (SSSR count). The molecule has 3 heterocycles. The molecule has 0 radical (unpaired) electrons. The molecule has 0 saturated carbocycles. The summed E-state index contributed by atoms with van der Waals surface area (Å²) in [6, 6.07) is 3.12. The summed E-state index contributed by atoms with van der Waals surface area (Å²) in [4.78, 5) is 37.2. The van der Waals surface area contributed by atoms with E-state index in [4.69, 9.17) is 0 Å². The number of imidazole rings is 1. The summed E-state index contributed by atoms with van der Waals surface area (Å²) in [6.45, 7) is 5.75. The second kappa shape index (κ2) is 6.31. The number of amides is 1. The van der Waals surface area contributed by atoms with Crippen LogP contribution in [-0.2, 0) is 7.05 Å². The highest BCUT2D eigenvalue weighted by molar-refractivity contribution is 6.03. The number of nitrogens with one attached hydrogen (secondary N) is 1. The first-order valence-electron chi connectivity index (χ1n) is 7.70. The summed E-state index contributed by atoms with van der Waals surface area (Å²) in [5.74, 6) is 0.771. The normalized spacial score (nSPS) is 10.7. The van der Waals surface area contributed by atoms with Crippen LogP contribution < -0.4 is 10.9 Å². The third-order valence-electron chi connectivity index (χ3n) is 3.98. The predicted molar refractivity (Wildman–Crippen MR) is 93.0 cm³/mol. The maximum atomic E-state index is 12.3. The Labute approximate surface area is 144 Å². The Balaban J connectivity index is 1.85. The van der Waals surface area contributed by atoms with Crippen LogP contribution >= 0.6 is 0 Å². The van der Waals surface area contributed by atoms with Crippen molar-refractivity contribution < 1.29 is 4.79 Å². The molecular weight excluding hydrogens is 320 g/mol. The minimum absolute atomic E-state index is 0.0611. The maximum absolute atomic E-state index is 12.3. The summed E-state index contributed by atoms with van der Waals surface area (Å²) >= 11 is 0. The SMILES string of the molecule is Cc1nc(C)n(-c2ncc(NC(=O)c3cccn(C)c3=O)cn2)c1C. The van der Waals surface area contributed by atoms with Crippen molar-refractivity contribution in [2.24, 2.45) is 7.05 Å². The Kier molecular flexibility index (Phi) is 4.18. The zero-order valence-corrected chi connectivity index (χ0v) is 14.4. The van der Waals surface area contributed by atoms with Crippen molar-refractivity contribution in [3.05, 3.63) is 63.9 Å². The highest BCUT2D eigenvalue weighted by Gasteiger charge is 2.14. The molecule has 0 saturated heterocycles. The molecule has 0 fully saturated rings. The Bertz CT molecular complexity index is 1000. The minimum Gasteiger partial charge on any atom is -0.319 e. The largest absolute Gasteiger partial charge is 0.319 e. The van der Waals surface area contributed by atoms with E-state index in [1.54, 1.807) is 19.3 Å². The van der Waals surface area contributed by atoms with Gasteiger partial charge >= 0.3 is 0 Å². The highest BCUT2D eigenvalue weighted by Crippen LogP contribution is 2.15. The molecule has 1 amide bonds. The van der Waals surface area contributed by atoms with Gasteiger partial charge in [-0.25, -0.2) is 15.0 Å². The Morgan fingerprint density at radius 2 is 1.84 bits per heavy atom. The smallest absolute Gasteiger partial charge is 0.263 e. The quantitative estimate of drug-likeness (QED) is 0.781. The van der Waals surface area contributed by atoms with E-state index in [1.165, 1.54) is 23.0 Å². The number of nitrogens with zero attached hydrogens (tertiary/aromatic N) is 5. The first kappa shape index (κ1) is 16.6. The molecule has 8 heteroatoms. The van der Waals surface area contributed by atoms with Crippen LogP contribution in [-0.4, -0.2) is 30.0 Å². The van der Waals surface area contributed by atoms with Crippen LogP contribution in [0.4, 0.5) is 5.69 Å². The number of anilines is 1. The van der Waals surface area contributed by atoms with Gasteiger partial charge in [0.2, 0.25) is 5.95 Å². The number of carbonyl (C=O) groups excluding carboxylic acids is 1. The number of carbonyl (C=O) groups is 1. The molecule has 1 N–H and O–H groups in total. The molecule has 0 bridgehead atoms. The lowest BCUT2D eigenvalue weighted by atomic mass is 10.2. The number of aromatic nitrogens is 5. The van der Waals surface area contributed by atoms with E-state index in [9.17, 15) is 9.59 Å². The zero-order valence-electron chi connectivity index (χ0n) is 14.4. The van der Waals surface area contributed by atoms with E-state index in [2.05, 4.69) is 20.3 Å². The summed E-state index contributed by atoms with van der Waals surface area (Å²) in [5, 5.41) is 2.64. The summed E-state index contributed by atoms with van der Waals surface area (Å²) in [6.07, 6.45) is 4.60. The third-order valence-corrected chi connectivity index (χ3v) is 3.98. The minimum atomic E-state index is -0.497. The van der Waals surface area contributed by atoms with Crippen molar-refractivity contribution in [2.45, 2.75) is 20.8 Å². The number of hydrogen-bond donors (Lipinski definition) is 1. The first-order chi connectivity index (χ1) is 11.9. The zero-order chi connectivity index (χ0) is 18.1. The molecule has 0 aliphatic heterocycles. The van der Waals surface area contributed by atoms with Crippen LogP contribution in [0.15, 0.2) is 35.5 Å². The van der Waals surface area contributed by atoms with E-state index in [-0.39, 0.29) is 11.1 Å². The molecule has 3 aromatic heterocycles. The third kappa shape index (κ3) is 3.06. The molecule has 0 aliphatic carbocycles. The predicted octanol–water partition coefficient (Wildman–Crippen LogP) is 1.54. The molecule has 0 aliphatic rings. The van der Waals surface area contributed by atoms with Gasteiger partial charge in [-0.15, -0.1) is 0 Å². The molecule has 3 aromatic rings. The lowest BCUT2D eigenvalue weighted by Crippen LogP contribution is -2.27. The van der Waals surface area contributed by atoms with Crippen LogP contribution in [0.1, 0.15) is 27.6 Å². The van der Waals surface area contributed by atoms with Gasteiger partial charge in [0.25, 0.3) is 11.5 Å². The van der Waals surface area contributed by atoms with Gasteiger partial charge in [0.15, 0.2) is 0 Å². The molecule has 25 heavy (non-hydrogen) atoms. The monoisotopic (exact) mass is 338 g/mol. The van der Waals surface area contributed by atoms with Gasteiger partial charge in [0.1, 0.15) is 11.4 Å². The average Bonchev–Trinajstić information content (AvgIpc) is 2.83. The number of hydrogen-bond acceptors (Lipinski definition) is 5. The van der Waals surface area contributed by atoms with Crippen molar-refractivity contribution >= 4 is 11.6 Å². The summed E-state index contributed by atoms with van der Waals surface area (Å²) in [7, 11) is 1.59. The lowest BCUT2D eigenvalue weighted by Gasteiger charge is -2.08. The van der Waals surface area contributed by atoms with Gasteiger partial charge in [-0.3, -0.25) is 14.2 Å². The van der Waals surface area contributed by atoms with Gasteiger partial charge in [0.05, 0.1) is 23.8 Å². The fraction of sp³-hybridized carbons (Fsp3) is 0.235. The van der Waals surface area contributed by atoms with Crippen molar-refractivity contribution in [1.29, 1.82) is 0 Å².